The number of nitrogens with two attached hydrogens (primary N) is 1. The molecule has 19 heavy (non-hydrogen) atoms. The highest BCUT2D eigenvalue weighted by Crippen LogP contribution is 2.23. The lowest BCUT2D eigenvalue weighted by Crippen LogP contribution is -2.28. The molecular weight excluding hydrogens is 238 g/mol. The molecule has 4 nitrogen and oxygen atoms in total. The Labute approximate surface area is 115 Å². The zero-order chi connectivity index (χ0) is 14.3. The molecule has 0 aliphatic heterocycles. The molecule has 0 saturated heterocycles. The summed E-state index contributed by atoms with van der Waals surface area (Å²) in [4.78, 5) is 2.28. The van der Waals surface area contributed by atoms with Crippen LogP contribution in [-0.2, 0) is 6.54 Å². The SMILES string of the molecule is COc1cc(N)ccc1CN(CCC#N)CC(C)C. The molecule has 0 aliphatic carbocycles. The van der Waals surface area contributed by atoms with Crippen LogP contribution in [0, 0.1) is 17.2 Å². The summed E-state index contributed by atoms with van der Waals surface area (Å²) in [7, 11) is 1.65. The van der Waals surface area contributed by atoms with Crippen molar-refractivity contribution in [1.29, 1.82) is 5.26 Å². The van der Waals surface area contributed by atoms with Gasteiger partial charge in [0.05, 0.1) is 13.2 Å². The van der Waals surface area contributed by atoms with E-state index in [4.69, 9.17) is 15.7 Å². The van der Waals surface area contributed by atoms with E-state index in [1.54, 1.807) is 7.11 Å². The third-order valence-corrected chi connectivity index (χ3v) is 2.87. The van der Waals surface area contributed by atoms with Gasteiger partial charge in [0.15, 0.2) is 0 Å². The van der Waals surface area contributed by atoms with Crippen molar-refractivity contribution in [3.05, 3.63) is 23.8 Å². The molecule has 0 fully saturated rings. The minimum Gasteiger partial charge on any atom is -0.496 e. The van der Waals surface area contributed by atoms with Crippen molar-refractivity contribution in [1.82, 2.24) is 4.90 Å². The van der Waals surface area contributed by atoms with E-state index in [0.717, 1.165) is 30.9 Å². The summed E-state index contributed by atoms with van der Waals surface area (Å²) >= 11 is 0. The number of hydrogen-bond donors (Lipinski definition) is 1. The molecule has 0 atom stereocenters. The predicted molar refractivity (Wildman–Crippen MR) is 77.8 cm³/mol. The van der Waals surface area contributed by atoms with Gasteiger partial charge >= 0.3 is 0 Å². The quantitative estimate of drug-likeness (QED) is 0.766. The summed E-state index contributed by atoms with van der Waals surface area (Å²) in [5, 5.41) is 8.73. The molecule has 0 heterocycles. The molecule has 0 aromatic heterocycles. The Morgan fingerprint density at radius 3 is 2.74 bits per heavy atom. The maximum atomic E-state index is 8.73. The molecule has 0 radical (unpaired) electrons. The fraction of sp³-hybridized carbons (Fsp3) is 0.533. The van der Waals surface area contributed by atoms with Gasteiger partial charge in [-0.15, -0.1) is 0 Å². The molecule has 1 aromatic carbocycles. The van der Waals surface area contributed by atoms with Gasteiger partial charge in [0.2, 0.25) is 0 Å². The van der Waals surface area contributed by atoms with E-state index < -0.39 is 0 Å². The minimum atomic E-state index is 0.546. The fourth-order valence-corrected chi connectivity index (χ4v) is 2.09. The minimum absolute atomic E-state index is 0.546. The number of benzene rings is 1. The number of methoxy groups -OCH3 is 1. The van der Waals surface area contributed by atoms with E-state index in [-0.39, 0.29) is 0 Å². The van der Waals surface area contributed by atoms with Gasteiger partial charge in [-0.2, -0.15) is 5.26 Å². The van der Waals surface area contributed by atoms with Crippen molar-refractivity contribution >= 4 is 5.69 Å². The van der Waals surface area contributed by atoms with Crippen LogP contribution in [0.25, 0.3) is 0 Å². The Morgan fingerprint density at radius 1 is 1.42 bits per heavy atom. The highest BCUT2D eigenvalue weighted by molar-refractivity contribution is 5.48. The van der Waals surface area contributed by atoms with Crippen molar-refractivity contribution in [2.75, 3.05) is 25.9 Å². The number of nitrogens with zero attached hydrogens (tertiary/aromatic N) is 2. The first-order chi connectivity index (χ1) is 9.06. The summed E-state index contributed by atoms with van der Waals surface area (Å²) in [5.41, 5.74) is 7.57. The average Bonchev–Trinajstić information content (AvgIpc) is 2.37. The molecule has 1 rings (SSSR count). The summed E-state index contributed by atoms with van der Waals surface area (Å²) in [5.74, 6) is 1.38. The molecule has 0 spiro atoms. The number of anilines is 1. The van der Waals surface area contributed by atoms with Crippen molar-refractivity contribution < 1.29 is 4.74 Å². The van der Waals surface area contributed by atoms with E-state index in [1.165, 1.54) is 0 Å². The van der Waals surface area contributed by atoms with Gasteiger partial charge in [0, 0.05) is 43.4 Å². The predicted octanol–water partition coefficient (Wildman–Crippen LogP) is 2.65. The molecule has 0 amide bonds. The normalized spacial score (nSPS) is 10.7. The maximum absolute atomic E-state index is 8.73. The zero-order valence-electron chi connectivity index (χ0n) is 12.0. The highest BCUT2D eigenvalue weighted by Gasteiger charge is 2.11. The van der Waals surface area contributed by atoms with Gasteiger partial charge in [0.25, 0.3) is 0 Å². The molecule has 0 bridgehead atoms. The zero-order valence-corrected chi connectivity index (χ0v) is 12.0. The number of nitriles is 1. The molecule has 0 unspecified atom stereocenters. The first-order valence-corrected chi connectivity index (χ1v) is 6.58. The molecule has 0 saturated carbocycles. The number of hydrogen-bond acceptors (Lipinski definition) is 4. The fourth-order valence-electron chi connectivity index (χ4n) is 2.09. The van der Waals surface area contributed by atoms with E-state index in [1.807, 2.05) is 18.2 Å². The largest absolute Gasteiger partial charge is 0.496 e. The Kier molecular flexibility index (Phi) is 6.17. The second-order valence-electron chi connectivity index (χ2n) is 5.11. The summed E-state index contributed by atoms with van der Waals surface area (Å²) in [6.07, 6.45) is 0.546. The Morgan fingerprint density at radius 2 is 2.16 bits per heavy atom. The highest BCUT2D eigenvalue weighted by atomic mass is 16.5. The van der Waals surface area contributed by atoms with Crippen LogP contribution in [0.3, 0.4) is 0 Å². The third-order valence-electron chi connectivity index (χ3n) is 2.87. The van der Waals surface area contributed by atoms with Crippen LogP contribution in [0.1, 0.15) is 25.8 Å². The average molecular weight is 261 g/mol. The first kappa shape index (κ1) is 15.3. The molecule has 4 heteroatoms. The van der Waals surface area contributed by atoms with Crippen LogP contribution in [0.4, 0.5) is 5.69 Å². The van der Waals surface area contributed by atoms with Crippen LogP contribution < -0.4 is 10.5 Å². The Bertz CT molecular complexity index is 438. The monoisotopic (exact) mass is 261 g/mol. The smallest absolute Gasteiger partial charge is 0.125 e. The lowest BCUT2D eigenvalue weighted by molar-refractivity contribution is 0.238. The summed E-state index contributed by atoms with van der Waals surface area (Å²) in [6, 6.07) is 7.92. The van der Waals surface area contributed by atoms with Crippen molar-refractivity contribution in [2.45, 2.75) is 26.8 Å². The van der Waals surface area contributed by atoms with Crippen LogP contribution in [-0.4, -0.2) is 25.1 Å². The second-order valence-corrected chi connectivity index (χ2v) is 5.11. The van der Waals surface area contributed by atoms with Gasteiger partial charge < -0.3 is 10.5 Å². The van der Waals surface area contributed by atoms with Gasteiger partial charge in [0.1, 0.15) is 5.75 Å². The number of nitrogen functional groups attached to an aromatic ring is 1. The lowest BCUT2D eigenvalue weighted by atomic mass is 10.1. The Hall–Kier alpha value is -1.73. The maximum Gasteiger partial charge on any atom is 0.125 e. The van der Waals surface area contributed by atoms with Crippen LogP contribution in [0.2, 0.25) is 0 Å². The van der Waals surface area contributed by atoms with Crippen molar-refractivity contribution in [3.63, 3.8) is 0 Å². The number of ether oxygens (including phenoxy) is 1. The second kappa shape index (κ2) is 7.65. The van der Waals surface area contributed by atoms with Gasteiger partial charge in [-0.05, 0) is 12.0 Å². The number of rotatable bonds is 7. The molecule has 1 aromatic rings. The van der Waals surface area contributed by atoms with Gasteiger partial charge in [-0.1, -0.05) is 19.9 Å². The van der Waals surface area contributed by atoms with Gasteiger partial charge in [-0.25, -0.2) is 0 Å². The van der Waals surface area contributed by atoms with Crippen molar-refractivity contribution in [3.8, 4) is 11.8 Å². The topological polar surface area (TPSA) is 62.3 Å². The third kappa shape index (κ3) is 5.19. The van der Waals surface area contributed by atoms with E-state index in [0.29, 0.717) is 18.0 Å². The first-order valence-electron chi connectivity index (χ1n) is 6.58. The Balaban J connectivity index is 2.80. The van der Waals surface area contributed by atoms with Crippen LogP contribution >= 0.6 is 0 Å². The van der Waals surface area contributed by atoms with E-state index >= 15 is 0 Å². The lowest BCUT2D eigenvalue weighted by Gasteiger charge is -2.24. The standard InChI is InChI=1S/C15H23N3O/c1-12(2)10-18(8-4-7-16)11-13-5-6-14(17)9-15(13)19-3/h5-6,9,12H,4,8,10-11,17H2,1-3H3. The summed E-state index contributed by atoms with van der Waals surface area (Å²) < 4.78 is 5.36. The van der Waals surface area contributed by atoms with Crippen LogP contribution in [0.15, 0.2) is 18.2 Å². The van der Waals surface area contributed by atoms with E-state index in [2.05, 4.69) is 24.8 Å². The van der Waals surface area contributed by atoms with Gasteiger partial charge in [-0.3, -0.25) is 4.90 Å². The van der Waals surface area contributed by atoms with Crippen molar-refractivity contribution in [2.24, 2.45) is 5.92 Å². The molecule has 104 valence electrons. The molecule has 2 N–H and O–H groups in total. The van der Waals surface area contributed by atoms with Crippen LogP contribution in [0.5, 0.6) is 5.75 Å². The molecular formula is C15H23N3O. The summed E-state index contributed by atoms with van der Waals surface area (Å²) in [6.45, 7) is 6.89. The molecule has 0 aliphatic rings. The van der Waals surface area contributed by atoms with E-state index in [9.17, 15) is 0 Å².